The fourth-order valence-corrected chi connectivity index (χ4v) is 3.27. The molecule has 0 spiro atoms. The molecule has 0 aliphatic rings. The monoisotopic (exact) mass is 403 g/mol. The number of halogens is 1. The highest BCUT2D eigenvalue weighted by molar-refractivity contribution is 7.99. The van der Waals surface area contributed by atoms with Crippen LogP contribution in [0.25, 0.3) is 11.4 Å². The maximum atomic E-state index is 12.0. The summed E-state index contributed by atoms with van der Waals surface area (Å²) in [7, 11) is 0. The molecular weight excluding hydrogens is 386 g/mol. The van der Waals surface area contributed by atoms with Crippen LogP contribution in [0.4, 0.5) is 0 Å². The summed E-state index contributed by atoms with van der Waals surface area (Å²) in [6.45, 7) is 4.53. The largest absolute Gasteiger partial charge is 0.460 e. The Morgan fingerprint density at radius 2 is 2.07 bits per heavy atom. The van der Waals surface area contributed by atoms with Crippen LogP contribution < -0.4 is 5.43 Å². The third kappa shape index (κ3) is 4.99. The summed E-state index contributed by atoms with van der Waals surface area (Å²) >= 11 is 7.24. The third-order valence-corrected chi connectivity index (χ3v) is 4.83. The van der Waals surface area contributed by atoms with Gasteiger partial charge in [-0.05, 0) is 50.2 Å². The van der Waals surface area contributed by atoms with E-state index in [1.807, 2.05) is 48.7 Å². The van der Waals surface area contributed by atoms with E-state index >= 15 is 0 Å². The number of hydrazone groups is 1. The van der Waals surface area contributed by atoms with Gasteiger partial charge in [0.1, 0.15) is 11.5 Å². The summed E-state index contributed by atoms with van der Waals surface area (Å²) in [5, 5.41) is 13.7. The van der Waals surface area contributed by atoms with E-state index in [-0.39, 0.29) is 11.7 Å². The van der Waals surface area contributed by atoms with Gasteiger partial charge in [-0.1, -0.05) is 23.4 Å². The van der Waals surface area contributed by atoms with E-state index in [4.69, 9.17) is 16.0 Å². The first-order valence-electron chi connectivity index (χ1n) is 8.27. The first-order valence-corrected chi connectivity index (χ1v) is 9.63. The number of nitrogens with one attached hydrogen (secondary N) is 1. The van der Waals surface area contributed by atoms with Gasteiger partial charge in [0.15, 0.2) is 11.0 Å². The second kappa shape index (κ2) is 8.88. The van der Waals surface area contributed by atoms with Crippen molar-refractivity contribution in [2.75, 3.05) is 5.75 Å². The number of benzene rings is 1. The Bertz CT molecular complexity index is 949. The van der Waals surface area contributed by atoms with Crippen LogP contribution in [-0.2, 0) is 11.3 Å². The van der Waals surface area contributed by atoms with Gasteiger partial charge in [0.05, 0.1) is 12.0 Å². The highest BCUT2D eigenvalue weighted by Crippen LogP contribution is 2.24. The van der Waals surface area contributed by atoms with E-state index in [9.17, 15) is 4.79 Å². The van der Waals surface area contributed by atoms with E-state index in [1.54, 1.807) is 6.07 Å². The van der Waals surface area contributed by atoms with Gasteiger partial charge in [0.2, 0.25) is 0 Å². The smallest absolute Gasteiger partial charge is 0.250 e. The zero-order chi connectivity index (χ0) is 19.2. The highest BCUT2D eigenvalue weighted by atomic mass is 35.5. The number of aryl methyl sites for hydroxylation is 1. The molecule has 0 aliphatic heterocycles. The van der Waals surface area contributed by atoms with Crippen LogP contribution in [0, 0.1) is 6.92 Å². The molecule has 0 radical (unpaired) electrons. The summed E-state index contributed by atoms with van der Waals surface area (Å²) < 4.78 is 7.30. The Labute approximate surface area is 165 Å². The van der Waals surface area contributed by atoms with Crippen LogP contribution in [0.5, 0.6) is 0 Å². The van der Waals surface area contributed by atoms with Crippen molar-refractivity contribution in [1.82, 2.24) is 20.2 Å². The quantitative estimate of drug-likeness (QED) is 0.369. The molecule has 7 nitrogen and oxygen atoms in total. The number of amides is 1. The van der Waals surface area contributed by atoms with Gasteiger partial charge < -0.3 is 8.98 Å². The minimum Gasteiger partial charge on any atom is -0.460 e. The lowest BCUT2D eigenvalue weighted by Crippen LogP contribution is -2.20. The van der Waals surface area contributed by atoms with Crippen molar-refractivity contribution < 1.29 is 9.21 Å². The molecule has 0 atom stereocenters. The zero-order valence-electron chi connectivity index (χ0n) is 14.8. The van der Waals surface area contributed by atoms with Gasteiger partial charge in [0.25, 0.3) is 5.91 Å². The second-order valence-electron chi connectivity index (χ2n) is 5.59. The predicted octanol–water partition coefficient (Wildman–Crippen LogP) is 3.76. The van der Waals surface area contributed by atoms with E-state index in [0.717, 1.165) is 17.1 Å². The number of rotatable bonds is 7. The van der Waals surface area contributed by atoms with Gasteiger partial charge in [-0.15, -0.1) is 10.2 Å². The topological polar surface area (TPSA) is 85.3 Å². The Balaban J connectivity index is 1.59. The summed E-state index contributed by atoms with van der Waals surface area (Å²) in [6.07, 6.45) is 1.46. The number of hydrogen-bond donors (Lipinski definition) is 1. The number of thioether (sulfide) groups is 1. The summed E-state index contributed by atoms with van der Waals surface area (Å²) in [6, 6.07) is 11.0. The van der Waals surface area contributed by atoms with Gasteiger partial charge in [-0.25, -0.2) is 5.43 Å². The molecule has 1 aromatic carbocycles. The van der Waals surface area contributed by atoms with Crippen molar-refractivity contribution in [3.05, 3.63) is 52.9 Å². The summed E-state index contributed by atoms with van der Waals surface area (Å²) in [5.41, 5.74) is 3.39. The summed E-state index contributed by atoms with van der Waals surface area (Å²) in [4.78, 5) is 12.0. The molecule has 2 aromatic heterocycles. The first kappa shape index (κ1) is 19.2. The minimum absolute atomic E-state index is 0.174. The Morgan fingerprint density at radius 1 is 1.30 bits per heavy atom. The summed E-state index contributed by atoms with van der Waals surface area (Å²) in [5.74, 6) is 2.04. The van der Waals surface area contributed by atoms with Crippen LogP contribution in [0.2, 0.25) is 5.02 Å². The van der Waals surface area contributed by atoms with E-state index in [0.29, 0.717) is 22.5 Å². The normalized spacial score (nSPS) is 11.2. The molecule has 9 heteroatoms. The highest BCUT2D eigenvalue weighted by Gasteiger charge is 2.14. The van der Waals surface area contributed by atoms with E-state index in [1.165, 1.54) is 18.0 Å². The maximum Gasteiger partial charge on any atom is 0.250 e. The van der Waals surface area contributed by atoms with E-state index < -0.39 is 0 Å². The van der Waals surface area contributed by atoms with Crippen LogP contribution in [0.1, 0.15) is 18.4 Å². The van der Waals surface area contributed by atoms with Crippen molar-refractivity contribution in [2.45, 2.75) is 25.5 Å². The average molecular weight is 404 g/mol. The van der Waals surface area contributed by atoms with Crippen molar-refractivity contribution >= 4 is 35.5 Å². The molecule has 3 aromatic rings. The van der Waals surface area contributed by atoms with Gasteiger partial charge in [-0.3, -0.25) is 4.79 Å². The molecule has 0 saturated carbocycles. The Hall–Kier alpha value is -2.58. The molecule has 1 N–H and O–H groups in total. The third-order valence-electron chi connectivity index (χ3n) is 3.61. The molecule has 0 fully saturated rings. The van der Waals surface area contributed by atoms with E-state index in [2.05, 4.69) is 20.7 Å². The van der Waals surface area contributed by atoms with Crippen LogP contribution in [0.3, 0.4) is 0 Å². The molecule has 0 saturated heterocycles. The lowest BCUT2D eigenvalue weighted by atomic mass is 10.2. The molecule has 2 heterocycles. The molecule has 3 rings (SSSR count). The Kier molecular flexibility index (Phi) is 6.31. The van der Waals surface area contributed by atoms with Crippen molar-refractivity contribution in [3.8, 4) is 11.4 Å². The van der Waals surface area contributed by atoms with Crippen LogP contribution in [-0.4, -0.2) is 32.6 Å². The number of nitrogens with zero attached hydrogens (tertiary/aromatic N) is 4. The second-order valence-corrected chi connectivity index (χ2v) is 6.97. The van der Waals surface area contributed by atoms with Gasteiger partial charge in [-0.2, -0.15) is 5.10 Å². The maximum absolute atomic E-state index is 12.0. The van der Waals surface area contributed by atoms with Crippen LogP contribution in [0.15, 0.2) is 51.1 Å². The predicted molar refractivity (Wildman–Crippen MR) is 106 cm³/mol. The van der Waals surface area contributed by atoms with Crippen LogP contribution >= 0.6 is 23.4 Å². The average Bonchev–Trinajstić information content (AvgIpc) is 3.26. The number of carbonyl (C=O) groups excluding carboxylic acids is 1. The van der Waals surface area contributed by atoms with Crippen molar-refractivity contribution in [3.63, 3.8) is 0 Å². The number of furan rings is 1. The molecule has 27 heavy (non-hydrogen) atoms. The lowest BCUT2D eigenvalue weighted by Gasteiger charge is -2.07. The fraction of sp³-hybridized carbons (Fsp3) is 0.222. The molecular formula is C18H18ClN5O2S. The SMILES string of the molecule is CCn1c(SCC(=O)N/N=C/c2ccc(C)o2)nnc1-c1ccc(Cl)cc1. The number of hydrogen-bond acceptors (Lipinski definition) is 6. The minimum atomic E-state index is -0.238. The Morgan fingerprint density at radius 3 is 2.74 bits per heavy atom. The first-order chi connectivity index (χ1) is 13.1. The lowest BCUT2D eigenvalue weighted by molar-refractivity contribution is -0.118. The number of aromatic nitrogens is 3. The molecule has 140 valence electrons. The van der Waals surface area contributed by atoms with Crippen molar-refractivity contribution in [1.29, 1.82) is 0 Å². The van der Waals surface area contributed by atoms with Gasteiger partial charge in [0, 0.05) is 17.1 Å². The fourth-order valence-electron chi connectivity index (χ4n) is 2.35. The zero-order valence-corrected chi connectivity index (χ0v) is 16.4. The van der Waals surface area contributed by atoms with Crippen molar-refractivity contribution in [2.24, 2.45) is 5.10 Å². The number of carbonyl (C=O) groups is 1. The van der Waals surface area contributed by atoms with Gasteiger partial charge >= 0.3 is 0 Å². The molecule has 1 amide bonds. The molecule has 0 unspecified atom stereocenters. The molecule has 0 bridgehead atoms. The molecule has 0 aliphatic carbocycles. The standard InChI is InChI=1S/C18H18ClN5O2S/c1-3-24-17(13-5-7-14(19)8-6-13)22-23-18(24)27-11-16(25)21-20-10-15-9-4-12(2)26-15/h4-10H,3,11H2,1-2H3,(H,21,25)/b20-10+.